The molecule has 27 heavy (non-hydrogen) atoms. The van der Waals surface area contributed by atoms with Crippen molar-refractivity contribution >= 4 is 28.0 Å². The van der Waals surface area contributed by atoms with Gasteiger partial charge >= 0.3 is 5.97 Å². The van der Waals surface area contributed by atoms with Crippen molar-refractivity contribution in [2.75, 3.05) is 45.6 Å². The summed E-state index contributed by atoms with van der Waals surface area (Å²) in [5, 5.41) is 0. The summed E-state index contributed by atoms with van der Waals surface area (Å²) in [6.07, 6.45) is 3.99. The highest BCUT2D eigenvalue weighted by Crippen LogP contribution is 2.13. The molecule has 1 saturated heterocycles. The Labute approximate surface area is 159 Å². The molecule has 0 N–H and O–H groups in total. The summed E-state index contributed by atoms with van der Waals surface area (Å²) in [6.45, 7) is 3.17. The molecule has 8 nitrogen and oxygen atoms in total. The molecule has 0 radical (unpaired) electrons. The van der Waals surface area contributed by atoms with Gasteiger partial charge < -0.3 is 14.4 Å². The molecule has 1 aliphatic heterocycles. The van der Waals surface area contributed by atoms with Gasteiger partial charge in [0.2, 0.25) is 10.0 Å². The van der Waals surface area contributed by atoms with Crippen molar-refractivity contribution in [1.29, 1.82) is 0 Å². The summed E-state index contributed by atoms with van der Waals surface area (Å²) in [5.74, 6) is -0.211. The number of hydrogen-bond acceptors (Lipinski definition) is 6. The Morgan fingerprint density at radius 2 is 1.74 bits per heavy atom. The van der Waals surface area contributed by atoms with E-state index in [4.69, 9.17) is 9.47 Å². The second-order valence-corrected chi connectivity index (χ2v) is 7.97. The number of piperazine rings is 1. The first-order valence-electron chi connectivity index (χ1n) is 8.60. The number of hydrogen-bond donors (Lipinski definition) is 0. The molecule has 0 atom stereocenters. The van der Waals surface area contributed by atoms with Gasteiger partial charge in [0.15, 0.2) is 6.61 Å². The third-order valence-corrected chi connectivity index (χ3v) is 5.30. The molecule has 0 bridgehead atoms. The number of carbonyl (C=O) groups is 2. The predicted octanol–water partition coefficient (Wildman–Crippen LogP) is 0.746. The lowest BCUT2D eigenvalue weighted by Gasteiger charge is -2.33. The Hall–Kier alpha value is -2.39. The van der Waals surface area contributed by atoms with Crippen molar-refractivity contribution in [3.8, 4) is 5.75 Å². The zero-order chi connectivity index (χ0) is 19.9. The standard InChI is InChI=1S/C18H24N2O6S/c1-3-25-16-7-4-15(5-8-16)6-9-18(22)26-14-17(21)19-10-12-20(13-11-19)27(2,23)24/h4-9H,3,10-14H2,1-2H3/b9-6+. The Balaban J connectivity index is 1.75. The van der Waals surface area contributed by atoms with E-state index in [0.29, 0.717) is 6.61 Å². The zero-order valence-corrected chi connectivity index (χ0v) is 16.3. The van der Waals surface area contributed by atoms with Crippen molar-refractivity contribution in [1.82, 2.24) is 9.21 Å². The molecule has 1 fully saturated rings. The molecule has 9 heteroatoms. The van der Waals surface area contributed by atoms with Gasteiger partial charge in [0, 0.05) is 32.3 Å². The molecule has 1 aromatic rings. The van der Waals surface area contributed by atoms with Crippen LogP contribution in [0.4, 0.5) is 0 Å². The molecular formula is C18H24N2O6S. The lowest BCUT2D eigenvalue weighted by Crippen LogP contribution is -2.51. The van der Waals surface area contributed by atoms with E-state index < -0.39 is 16.0 Å². The highest BCUT2D eigenvalue weighted by Gasteiger charge is 2.26. The molecule has 0 saturated carbocycles. The molecule has 2 rings (SSSR count). The Kier molecular flexibility index (Phi) is 7.37. The molecule has 148 valence electrons. The number of esters is 1. The van der Waals surface area contributed by atoms with Crippen LogP contribution < -0.4 is 4.74 Å². The first-order valence-corrected chi connectivity index (χ1v) is 10.4. The maximum absolute atomic E-state index is 12.1. The number of rotatable bonds is 7. The van der Waals surface area contributed by atoms with E-state index in [2.05, 4.69) is 0 Å². The van der Waals surface area contributed by atoms with Crippen molar-refractivity contribution < 1.29 is 27.5 Å². The second kappa shape index (κ2) is 9.52. The van der Waals surface area contributed by atoms with E-state index in [9.17, 15) is 18.0 Å². The summed E-state index contributed by atoms with van der Waals surface area (Å²) in [4.78, 5) is 25.3. The highest BCUT2D eigenvalue weighted by molar-refractivity contribution is 7.88. The third-order valence-electron chi connectivity index (χ3n) is 4.00. The van der Waals surface area contributed by atoms with Crippen LogP contribution in [0.1, 0.15) is 12.5 Å². The highest BCUT2D eigenvalue weighted by atomic mass is 32.2. The Bertz CT molecular complexity index is 781. The average molecular weight is 396 g/mol. The molecule has 0 aliphatic carbocycles. The van der Waals surface area contributed by atoms with Crippen molar-refractivity contribution in [2.24, 2.45) is 0 Å². The van der Waals surface area contributed by atoms with Crippen LogP contribution in [0.5, 0.6) is 5.75 Å². The normalized spacial score (nSPS) is 15.7. The lowest BCUT2D eigenvalue weighted by molar-refractivity contribution is -0.148. The summed E-state index contributed by atoms with van der Waals surface area (Å²) in [7, 11) is -3.25. The van der Waals surface area contributed by atoms with Gasteiger partial charge in [-0.05, 0) is 30.7 Å². The van der Waals surface area contributed by atoms with E-state index in [1.165, 1.54) is 15.3 Å². The monoisotopic (exact) mass is 396 g/mol. The van der Waals surface area contributed by atoms with E-state index in [0.717, 1.165) is 17.6 Å². The van der Waals surface area contributed by atoms with Gasteiger partial charge in [0.1, 0.15) is 5.75 Å². The number of amides is 1. The molecular weight excluding hydrogens is 372 g/mol. The zero-order valence-electron chi connectivity index (χ0n) is 15.5. The average Bonchev–Trinajstić information content (AvgIpc) is 2.65. The first-order chi connectivity index (χ1) is 12.8. The van der Waals surface area contributed by atoms with Gasteiger partial charge in [-0.2, -0.15) is 4.31 Å². The minimum Gasteiger partial charge on any atom is -0.494 e. The van der Waals surface area contributed by atoms with Crippen LogP contribution in [-0.2, 0) is 24.3 Å². The van der Waals surface area contributed by atoms with Crippen LogP contribution in [0.15, 0.2) is 30.3 Å². The topological polar surface area (TPSA) is 93.2 Å². The fourth-order valence-corrected chi connectivity index (χ4v) is 3.37. The summed E-state index contributed by atoms with van der Waals surface area (Å²) in [6, 6.07) is 7.21. The van der Waals surface area contributed by atoms with Gasteiger partial charge in [-0.25, -0.2) is 13.2 Å². The minimum absolute atomic E-state index is 0.246. The minimum atomic E-state index is -3.25. The fourth-order valence-electron chi connectivity index (χ4n) is 2.55. The number of carbonyl (C=O) groups excluding carboxylic acids is 2. The molecule has 1 amide bonds. The van der Waals surface area contributed by atoms with E-state index >= 15 is 0 Å². The van der Waals surface area contributed by atoms with Crippen LogP contribution in [0.2, 0.25) is 0 Å². The predicted molar refractivity (Wildman–Crippen MR) is 101 cm³/mol. The van der Waals surface area contributed by atoms with Gasteiger partial charge in [0.25, 0.3) is 5.91 Å². The molecule has 1 aliphatic rings. The molecule has 0 spiro atoms. The van der Waals surface area contributed by atoms with Crippen LogP contribution in [-0.4, -0.2) is 75.1 Å². The second-order valence-electron chi connectivity index (χ2n) is 5.99. The Morgan fingerprint density at radius 3 is 2.30 bits per heavy atom. The van der Waals surface area contributed by atoms with Crippen molar-refractivity contribution in [3.05, 3.63) is 35.9 Å². The van der Waals surface area contributed by atoms with Crippen LogP contribution >= 0.6 is 0 Å². The molecule has 1 aromatic carbocycles. The molecule has 0 aromatic heterocycles. The number of nitrogens with zero attached hydrogens (tertiary/aromatic N) is 2. The quantitative estimate of drug-likeness (QED) is 0.499. The summed E-state index contributed by atoms with van der Waals surface area (Å²) in [5.41, 5.74) is 0.804. The van der Waals surface area contributed by atoms with E-state index in [1.807, 2.05) is 6.92 Å². The van der Waals surface area contributed by atoms with Crippen LogP contribution in [0.25, 0.3) is 6.08 Å². The Morgan fingerprint density at radius 1 is 1.11 bits per heavy atom. The number of benzene rings is 1. The summed E-state index contributed by atoms with van der Waals surface area (Å²) >= 11 is 0. The van der Waals surface area contributed by atoms with Gasteiger partial charge in [-0.1, -0.05) is 12.1 Å². The number of sulfonamides is 1. The molecule has 0 unspecified atom stereocenters. The fraction of sp³-hybridized carbons (Fsp3) is 0.444. The maximum atomic E-state index is 12.1. The van der Waals surface area contributed by atoms with Gasteiger partial charge in [-0.15, -0.1) is 0 Å². The first kappa shape index (κ1) is 20.9. The smallest absolute Gasteiger partial charge is 0.331 e. The van der Waals surface area contributed by atoms with E-state index in [-0.39, 0.29) is 38.7 Å². The summed E-state index contributed by atoms with van der Waals surface area (Å²) < 4.78 is 34.5. The van der Waals surface area contributed by atoms with E-state index in [1.54, 1.807) is 30.3 Å². The number of ether oxygens (including phenoxy) is 2. The van der Waals surface area contributed by atoms with Crippen LogP contribution in [0.3, 0.4) is 0 Å². The van der Waals surface area contributed by atoms with Gasteiger partial charge in [0.05, 0.1) is 12.9 Å². The van der Waals surface area contributed by atoms with Crippen molar-refractivity contribution in [2.45, 2.75) is 6.92 Å². The van der Waals surface area contributed by atoms with Crippen LogP contribution in [0, 0.1) is 0 Å². The van der Waals surface area contributed by atoms with Gasteiger partial charge in [-0.3, -0.25) is 4.79 Å². The largest absolute Gasteiger partial charge is 0.494 e. The third kappa shape index (κ3) is 6.69. The SMILES string of the molecule is CCOc1ccc(/C=C/C(=O)OCC(=O)N2CCN(S(C)(=O)=O)CC2)cc1. The lowest BCUT2D eigenvalue weighted by atomic mass is 10.2. The molecule has 1 heterocycles. The van der Waals surface area contributed by atoms with Crippen molar-refractivity contribution in [3.63, 3.8) is 0 Å². The maximum Gasteiger partial charge on any atom is 0.331 e.